The molecule has 3 atom stereocenters. The quantitative estimate of drug-likeness (QED) is 0.898. The normalized spacial score (nSPS) is 26.6. The summed E-state index contributed by atoms with van der Waals surface area (Å²) >= 11 is 0. The van der Waals surface area contributed by atoms with Crippen LogP contribution in [0.1, 0.15) is 53.0 Å². The highest BCUT2D eigenvalue weighted by Crippen LogP contribution is 2.41. The maximum atomic E-state index is 12.7. The first-order chi connectivity index (χ1) is 11.1. The Kier molecular flexibility index (Phi) is 3.41. The van der Waals surface area contributed by atoms with E-state index in [-0.39, 0.29) is 18.0 Å². The second kappa shape index (κ2) is 5.45. The Morgan fingerprint density at radius 1 is 1.39 bits per heavy atom. The van der Waals surface area contributed by atoms with Gasteiger partial charge in [0, 0.05) is 24.0 Å². The van der Waals surface area contributed by atoms with Crippen molar-refractivity contribution in [3.8, 4) is 0 Å². The van der Waals surface area contributed by atoms with Crippen LogP contribution >= 0.6 is 0 Å². The van der Waals surface area contributed by atoms with Crippen LogP contribution in [0, 0.1) is 6.92 Å². The summed E-state index contributed by atoms with van der Waals surface area (Å²) in [6.45, 7) is 1.95. The Hall–Kier alpha value is -2.21. The summed E-state index contributed by atoms with van der Waals surface area (Å²) in [6.07, 6.45) is 5.78. The van der Waals surface area contributed by atoms with Crippen molar-refractivity contribution in [3.05, 3.63) is 47.5 Å². The highest BCUT2D eigenvalue weighted by atomic mass is 16.3. The van der Waals surface area contributed by atoms with E-state index in [0.717, 1.165) is 24.2 Å². The van der Waals surface area contributed by atoms with Gasteiger partial charge in [-0.25, -0.2) is 0 Å². The van der Waals surface area contributed by atoms with Crippen LogP contribution in [0.5, 0.6) is 0 Å². The van der Waals surface area contributed by atoms with Gasteiger partial charge in [0.25, 0.3) is 5.91 Å². The van der Waals surface area contributed by atoms with E-state index in [0.29, 0.717) is 17.9 Å². The van der Waals surface area contributed by atoms with Crippen molar-refractivity contribution in [2.75, 3.05) is 0 Å². The molecule has 0 aliphatic heterocycles. The molecule has 0 radical (unpaired) electrons. The van der Waals surface area contributed by atoms with E-state index in [9.17, 15) is 9.90 Å². The summed E-state index contributed by atoms with van der Waals surface area (Å²) in [6, 6.07) is 5.26. The lowest BCUT2D eigenvalue weighted by molar-refractivity contribution is -0.00590. The summed E-state index contributed by atoms with van der Waals surface area (Å²) in [5, 5.41) is 17.2. The van der Waals surface area contributed by atoms with Crippen molar-refractivity contribution in [2.24, 2.45) is 0 Å². The molecule has 2 aliphatic rings. The number of aliphatic hydroxyl groups excluding tert-OH is 1. The van der Waals surface area contributed by atoms with Crippen LogP contribution in [-0.4, -0.2) is 37.9 Å². The second-order valence-electron chi connectivity index (χ2n) is 6.52. The first-order valence-corrected chi connectivity index (χ1v) is 8.09. The Morgan fingerprint density at radius 3 is 2.87 bits per heavy atom. The van der Waals surface area contributed by atoms with Crippen LogP contribution in [0.15, 0.2) is 30.6 Å². The molecule has 2 aromatic heterocycles. The van der Waals surface area contributed by atoms with E-state index >= 15 is 0 Å². The molecule has 0 spiro atoms. The first-order valence-electron chi connectivity index (χ1n) is 8.09. The number of amides is 1. The van der Waals surface area contributed by atoms with Crippen LogP contribution in [0.3, 0.4) is 0 Å². The van der Waals surface area contributed by atoms with E-state index in [1.54, 1.807) is 10.9 Å². The maximum absolute atomic E-state index is 12.7. The number of hydrogen-bond donors (Lipinski definition) is 2. The van der Waals surface area contributed by atoms with Crippen LogP contribution in [-0.2, 0) is 0 Å². The van der Waals surface area contributed by atoms with Crippen LogP contribution in [0.25, 0.3) is 0 Å². The lowest BCUT2D eigenvalue weighted by atomic mass is 9.82. The van der Waals surface area contributed by atoms with Crippen molar-refractivity contribution < 1.29 is 9.90 Å². The Morgan fingerprint density at radius 2 is 2.22 bits per heavy atom. The predicted molar refractivity (Wildman–Crippen MR) is 84.1 cm³/mol. The van der Waals surface area contributed by atoms with Gasteiger partial charge in [-0.3, -0.25) is 14.5 Å². The molecule has 2 fully saturated rings. The molecule has 120 valence electrons. The van der Waals surface area contributed by atoms with E-state index in [2.05, 4.69) is 15.4 Å². The fraction of sp³-hybridized carbons (Fsp3) is 0.471. The number of carbonyl (C=O) groups excluding carboxylic acids is 1. The van der Waals surface area contributed by atoms with Gasteiger partial charge in [0.1, 0.15) is 0 Å². The molecule has 2 N–H and O–H groups in total. The van der Waals surface area contributed by atoms with Crippen molar-refractivity contribution in [3.63, 3.8) is 0 Å². The first kappa shape index (κ1) is 14.4. The SMILES string of the molecule is Cc1ccc(C(=O)N[C@H]2C[C@@H](O)[C@@H]2n2cccn2)c(C2CC2)n1. The molecule has 4 rings (SSSR count). The number of aryl methyl sites for hydroxylation is 1. The van der Waals surface area contributed by atoms with Gasteiger partial charge >= 0.3 is 0 Å². The lowest BCUT2D eigenvalue weighted by Crippen LogP contribution is -2.56. The molecule has 0 bridgehead atoms. The third-order valence-corrected chi connectivity index (χ3v) is 4.72. The van der Waals surface area contributed by atoms with E-state index in [1.165, 1.54) is 0 Å². The van der Waals surface area contributed by atoms with Crippen molar-refractivity contribution >= 4 is 5.91 Å². The Balaban J connectivity index is 1.52. The molecule has 2 saturated carbocycles. The van der Waals surface area contributed by atoms with Gasteiger partial charge in [-0.2, -0.15) is 5.10 Å². The third kappa shape index (κ3) is 2.63. The molecule has 2 aliphatic carbocycles. The number of aromatic nitrogens is 3. The topological polar surface area (TPSA) is 80.0 Å². The molecular formula is C17H20N4O2. The van der Waals surface area contributed by atoms with Crippen molar-refractivity contribution in [1.29, 1.82) is 0 Å². The van der Waals surface area contributed by atoms with E-state index in [4.69, 9.17) is 0 Å². The summed E-state index contributed by atoms with van der Waals surface area (Å²) < 4.78 is 1.72. The zero-order valence-electron chi connectivity index (χ0n) is 13.0. The molecule has 0 aromatic carbocycles. The fourth-order valence-electron chi connectivity index (χ4n) is 3.26. The zero-order chi connectivity index (χ0) is 16.0. The lowest BCUT2D eigenvalue weighted by Gasteiger charge is -2.41. The summed E-state index contributed by atoms with van der Waals surface area (Å²) in [4.78, 5) is 17.2. The summed E-state index contributed by atoms with van der Waals surface area (Å²) in [5.74, 6) is 0.318. The van der Waals surface area contributed by atoms with Crippen LogP contribution in [0.4, 0.5) is 0 Å². The van der Waals surface area contributed by atoms with Gasteiger partial charge in [0.2, 0.25) is 0 Å². The molecule has 2 heterocycles. The Bertz CT molecular complexity index is 724. The molecule has 0 saturated heterocycles. The monoisotopic (exact) mass is 312 g/mol. The predicted octanol–water partition coefficient (Wildman–Crippen LogP) is 1.57. The highest BCUT2D eigenvalue weighted by Gasteiger charge is 2.43. The van der Waals surface area contributed by atoms with Crippen LogP contribution in [0.2, 0.25) is 0 Å². The fourth-order valence-corrected chi connectivity index (χ4v) is 3.26. The zero-order valence-corrected chi connectivity index (χ0v) is 13.0. The second-order valence-corrected chi connectivity index (χ2v) is 6.52. The molecule has 0 unspecified atom stereocenters. The average Bonchev–Trinajstić information content (AvgIpc) is 3.24. The largest absolute Gasteiger partial charge is 0.391 e. The van der Waals surface area contributed by atoms with Crippen molar-refractivity contribution in [1.82, 2.24) is 20.1 Å². The minimum absolute atomic E-state index is 0.103. The summed E-state index contributed by atoms with van der Waals surface area (Å²) in [7, 11) is 0. The number of rotatable bonds is 4. The number of carbonyl (C=O) groups is 1. The minimum atomic E-state index is -0.473. The molecule has 6 heteroatoms. The van der Waals surface area contributed by atoms with Gasteiger partial charge in [0.05, 0.1) is 29.4 Å². The number of nitrogens with one attached hydrogen (secondary N) is 1. The number of pyridine rings is 1. The van der Waals surface area contributed by atoms with Gasteiger partial charge < -0.3 is 10.4 Å². The van der Waals surface area contributed by atoms with Gasteiger partial charge in [-0.15, -0.1) is 0 Å². The molecule has 2 aromatic rings. The van der Waals surface area contributed by atoms with Crippen molar-refractivity contribution in [2.45, 2.75) is 50.3 Å². The third-order valence-electron chi connectivity index (χ3n) is 4.72. The summed E-state index contributed by atoms with van der Waals surface area (Å²) in [5.41, 5.74) is 2.52. The molecule has 1 amide bonds. The Labute approximate surface area is 134 Å². The van der Waals surface area contributed by atoms with Crippen LogP contribution < -0.4 is 5.32 Å². The minimum Gasteiger partial charge on any atom is -0.391 e. The smallest absolute Gasteiger partial charge is 0.253 e. The number of aliphatic hydroxyl groups is 1. The molecular weight excluding hydrogens is 292 g/mol. The molecule has 23 heavy (non-hydrogen) atoms. The van der Waals surface area contributed by atoms with Gasteiger partial charge in [0.15, 0.2) is 0 Å². The number of nitrogens with zero attached hydrogens (tertiary/aromatic N) is 3. The molecule has 6 nitrogen and oxygen atoms in total. The van der Waals surface area contributed by atoms with E-state index in [1.807, 2.05) is 31.3 Å². The van der Waals surface area contributed by atoms with Gasteiger partial charge in [-0.1, -0.05) is 0 Å². The maximum Gasteiger partial charge on any atom is 0.253 e. The number of hydrogen-bond acceptors (Lipinski definition) is 4. The average molecular weight is 312 g/mol. The highest BCUT2D eigenvalue weighted by molar-refractivity contribution is 5.95. The van der Waals surface area contributed by atoms with E-state index < -0.39 is 6.10 Å². The van der Waals surface area contributed by atoms with Gasteiger partial charge in [-0.05, 0) is 44.4 Å². The standard InChI is InChI=1S/C17H20N4O2/c1-10-3-6-12(15(19-10)11-4-5-11)17(23)20-13-9-14(22)16(13)21-8-2-7-18-21/h2-3,6-8,11,13-14,16,22H,4-5,9H2,1H3,(H,20,23)/t13-,14+,16+/m0/s1.